The summed E-state index contributed by atoms with van der Waals surface area (Å²) in [5.74, 6) is -1.88. The molecule has 3 N–H and O–H groups in total. The number of hydrogen-bond donors (Lipinski definition) is 3. The number of carbonyl (C=O) groups is 3. The highest BCUT2D eigenvalue weighted by Gasteiger charge is 2.48. The number of aromatic nitrogens is 2. The van der Waals surface area contributed by atoms with E-state index < -0.39 is 58.7 Å². The van der Waals surface area contributed by atoms with E-state index in [1.807, 2.05) is 53.3 Å². The zero-order chi connectivity index (χ0) is 56.8. The smallest absolute Gasteiger partial charge is 0.380 e. The van der Waals surface area contributed by atoms with Crippen LogP contribution in [0.25, 0.3) is 5.57 Å². The number of nitrogens with zero attached hydrogens (tertiary/aromatic N) is 6. The van der Waals surface area contributed by atoms with E-state index in [1.54, 1.807) is 12.1 Å². The third-order valence-corrected chi connectivity index (χ3v) is 19.6. The van der Waals surface area contributed by atoms with Crippen molar-refractivity contribution in [1.29, 1.82) is 0 Å². The van der Waals surface area contributed by atoms with Gasteiger partial charge in [0.15, 0.2) is 0 Å². The first-order valence-electron chi connectivity index (χ1n) is 26.7. The number of sulfone groups is 1. The Morgan fingerprint density at radius 3 is 2.20 bits per heavy atom. The molecule has 9 rings (SSSR count). The van der Waals surface area contributed by atoms with E-state index in [1.165, 1.54) is 46.8 Å². The number of halogens is 4. The van der Waals surface area contributed by atoms with Gasteiger partial charge < -0.3 is 15.1 Å². The number of alkyl halides is 3. The van der Waals surface area contributed by atoms with Crippen LogP contribution in [-0.4, -0.2) is 142 Å². The van der Waals surface area contributed by atoms with Gasteiger partial charge in [-0.25, -0.2) is 21.6 Å². The predicted molar refractivity (Wildman–Crippen MR) is 304 cm³/mol. The Kier molecular flexibility index (Phi) is 18.4. The molecular weight excluding hydrogens is 1110 g/mol. The zero-order valence-electron chi connectivity index (χ0n) is 44.6. The average Bonchev–Trinajstić information content (AvgIpc) is 3.43. The molecule has 1 unspecified atom stereocenters. The zero-order valence-corrected chi connectivity index (χ0v) is 47.8. The van der Waals surface area contributed by atoms with Gasteiger partial charge in [-0.3, -0.25) is 29.5 Å². The van der Waals surface area contributed by atoms with Gasteiger partial charge in [0.05, 0.1) is 28.4 Å². The molecule has 80 heavy (non-hydrogen) atoms. The maximum atomic E-state index is 14.5. The van der Waals surface area contributed by atoms with Crippen LogP contribution in [0.5, 0.6) is 0 Å². The van der Waals surface area contributed by atoms with E-state index in [0.717, 1.165) is 74.7 Å². The first-order valence-corrected chi connectivity index (χ1v) is 31.0. The van der Waals surface area contributed by atoms with Crippen LogP contribution in [0.4, 0.5) is 24.5 Å². The fourth-order valence-corrected chi connectivity index (χ4v) is 13.9. The molecule has 426 valence electrons. The minimum atomic E-state index is -6.13. The lowest BCUT2D eigenvalue weighted by Crippen LogP contribution is -2.47. The Labute approximate surface area is 474 Å². The van der Waals surface area contributed by atoms with Crippen molar-refractivity contribution in [2.75, 3.05) is 81.4 Å². The maximum absolute atomic E-state index is 14.5. The Bertz CT molecular complexity index is 3300. The van der Waals surface area contributed by atoms with Crippen molar-refractivity contribution in [2.24, 2.45) is 5.41 Å². The molecule has 0 saturated carbocycles. The Balaban J connectivity index is 0.833. The van der Waals surface area contributed by atoms with E-state index in [0.29, 0.717) is 80.2 Å². The molecule has 16 nitrogen and oxygen atoms in total. The lowest BCUT2D eigenvalue weighted by atomic mass is 9.73. The van der Waals surface area contributed by atoms with Crippen LogP contribution in [-0.2, 0) is 36.0 Å². The molecule has 4 heterocycles. The lowest BCUT2D eigenvalue weighted by Gasteiger charge is -2.39. The largest absolute Gasteiger partial charge is 0.501 e. The second-order valence-corrected chi connectivity index (χ2v) is 26.8. The molecule has 4 aliphatic rings. The number of sulfonamides is 1. The number of piperazine rings is 2. The molecule has 4 aromatic carbocycles. The summed E-state index contributed by atoms with van der Waals surface area (Å²) in [7, 11) is -11.0. The Morgan fingerprint density at radius 2 is 1.51 bits per heavy atom. The number of allylic oxidation sites excluding steroid dienone is 1. The van der Waals surface area contributed by atoms with Crippen molar-refractivity contribution in [3.63, 3.8) is 0 Å². The minimum Gasteiger partial charge on any atom is -0.380 e. The predicted octanol–water partition coefficient (Wildman–Crippen LogP) is 8.63. The molecule has 2 atom stereocenters. The summed E-state index contributed by atoms with van der Waals surface area (Å²) in [6.45, 7) is 12.1. The molecule has 0 radical (unpaired) electrons. The Morgan fingerprint density at radius 1 is 0.838 bits per heavy atom. The van der Waals surface area contributed by atoms with Crippen molar-refractivity contribution in [1.82, 2.24) is 34.9 Å². The van der Waals surface area contributed by atoms with E-state index in [-0.39, 0.29) is 29.2 Å². The number of piperidine rings is 1. The van der Waals surface area contributed by atoms with Gasteiger partial charge in [-0.1, -0.05) is 61.4 Å². The minimum absolute atomic E-state index is 0.0229. The van der Waals surface area contributed by atoms with Gasteiger partial charge in [0.1, 0.15) is 4.90 Å². The van der Waals surface area contributed by atoms with Gasteiger partial charge in [-0.05, 0) is 127 Å². The second-order valence-electron chi connectivity index (χ2n) is 21.6. The molecule has 3 aliphatic heterocycles. The molecule has 1 aliphatic carbocycles. The summed E-state index contributed by atoms with van der Waals surface area (Å²) in [6, 6.07) is 27.4. The summed E-state index contributed by atoms with van der Waals surface area (Å²) in [6.07, 6.45) is 5.67. The van der Waals surface area contributed by atoms with Crippen LogP contribution in [0.3, 0.4) is 0 Å². The van der Waals surface area contributed by atoms with Gasteiger partial charge in [0, 0.05) is 111 Å². The molecule has 3 amide bonds. The molecule has 0 spiro atoms. The van der Waals surface area contributed by atoms with E-state index in [9.17, 15) is 44.4 Å². The summed E-state index contributed by atoms with van der Waals surface area (Å²) >= 11 is 7.63. The van der Waals surface area contributed by atoms with Crippen LogP contribution < -0.4 is 20.3 Å². The number of hydrogen-bond acceptors (Lipinski definition) is 15. The molecule has 23 heteroatoms. The third kappa shape index (κ3) is 14.8. The Hall–Kier alpha value is -5.88. The second kappa shape index (κ2) is 25.1. The summed E-state index contributed by atoms with van der Waals surface area (Å²) in [5, 5.41) is 14.5. The maximum Gasteiger partial charge on any atom is 0.501 e. The van der Waals surface area contributed by atoms with Gasteiger partial charge in [-0.15, -0.1) is 11.8 Å². The molecule has 3 fully saturated rings. The number of benzene rings is 4. The number of nitrogens with one attached hydrogen (secondary N) is 3. The number of rotatable bonds is 19. The van der Waals surface area contributed by atoms with E-state index in [4.69, 9.17) is 11.6 Å². The number of anilines is 2. The lowest BCUT2D eigenvalue weighted by molar-refractivity contribution is -0.134. The highest BCUT2D eigenvalue weighted by molar-refractivity contribution is 7.99. The fourth-order valence-electron chi connectivity index (χ4n) is 10.8. The van der Waals surface area contributed by atoms with Gasteiger partial charge in [0.2, 0.25) is 11.8 Å². The quantitative estimate of drug-likeness (QED) is 0.0525. The summed E-state index contributed by atoms with van der Waals surface area (Å²) in [4.78, 5) is 45.4. The van der Waals surface area contributed by atoms with Crippen molar-refractivity contribution in [3.05, 3.63) is 142 Å². The standard InChI is InChI=1S/C57H65ClF3N9O7S3/c1-56(2)22-20-49(39-8-12-43(58)13-9-39)42(34-56)36-68-28-30-70(31-29-68)46-14-10-40(11-15-46)54(72)66-80(76,77)48-16-18-51(52(33-48)79(74,75)57(59,60)61)63-44(38-78-47-6-4-3-5-7-47)21-23-67-24-26-69(27-25-67)37-45-32-41(35-62-65-45)50-17-19-53(71)64-55(50)73/h3-16,18,32-33,35,44,50,63H,17,19-31,34,36-38H2,1-2H3,(H,66,72)(H,64,71,73)/t44-,50?/m1/s1. The number of thioether (sulfide) groups is 1. The van der Waals surface area contributed by atoms with Crippen LogP contribution >= 0.6 is 23.4 Å². The molecular formula is C57H65ClF3N9O7S3. The van der Waals surface area contributed by atoms with Crippen molar-refractivity contribution in [2.45, 2.75) is 91.1 Å². The van der Waals surface area contributed by atoms with Crippen LogP contribution in [0.1, 0.15) is 85.5 Å². The highest BCUT2D eigenvalue weighted by atomic mass is 35.5. The first kappa shape index (κ1) is 58.8. The highest BCUT2D eigenvalue weighted by Crippen LogP contribution is 2.43. The van der Waals surface area contributed by atoms with E-state index in [2.05, 4.69) is 66.4 Å². The van der Waals surface area contributed by atoms with Crippen molar-refractivity contribution in [3.8, 4) is 0 Å². The number of amides is 3. The van der Waals surface area contributed by atoms with Crippen molar-refractivity contribution < 1.29 is 44.4 Å². The number of carbonyl (C=O) groups excluding carboxylic acids is 3. The summed E-state index contributed by atoms with van der Waals surface area (Å²) < 4.78 is 99.5. The summed E-state index contributed by atoms with van der Waals surface area (Å²) in [5.41, 5.74) is 0.177. The average molecular weight is 1180 g/mol. The monoisotopic (exact) mass is 1180 g/mol. The van der Waals surface area contributed by atoms with Crippen LogP contribution in [0.2, 0.25) is 5.02 Å². The fraction of sp³-hybridized carbons (Fsp3) is 0.421. The van der Waals surface area contributed by atoms with Crippen molar-refractivity contribution >= 4 is 77.9 Å². The van der Waals surface area contributed by atoms with E-state index >= 15 is 0 Å². The first-order chi connectivity index (χ1) is 38.1. The molecule has 5 aromatic rings. The van der Waals surface area contributed by atoms with Gasteiger partial charge in [-0.2, -0.15) is 23.4 Å². The number of imide groups is 1. The third-order valence-electron chi connectivity index (χ3n) is 15.3. The van der Waals surface area contributed by atoms with Crippen LogP contribution in [0, 0.1) is 5.41 Å². The SMILES string of the molecule is CC1(C)CCC(c2ccc(Cl)cc2)=C(CN2CCN(c3ccc(C(=O)NS(=O)(=O)c4ccc(N[C@H](CCN5CCN(Cc6cc(C7CCC(=O)NC7=O)cnn6)CC5)CSc5ccccc5)c(S(=O)(=O)C(F)(F)F)c4)cc3)CC2)C1. The molecule has 0 bridgehead atoms. The normalized spacial score (nSPS) is 19.4. The molecule has 3 saturated heterocycles. The van der Waals surface area contributed by atoms with Crippen LogP contribution in [0.15, 0.2) is 130 Å². The van der Waals surface area contributed by atoms with Gasteiger partial charge in [0.25, 0.3) is 25.8 Å². The van der Waals surface area contributed by atoms with Gasteiger partial charge >= 0.3 is 5.51 Å². The topological polar surface area (TPSA) is 194 Å². The molecule has 1 aromatic heterocycles.